The first-order valence-corrected chi connectivity index (χ1v) is 8.47. The number of nitrogens with one attached hydrogen (secondary N) is 1. The summed E-state index contributed by atoms with van der Waals surface area (Å²) in [4.78, 5) is 16.8. The van der Waals surface area contributed by atoms with E-state index in [1.807, 2.05) is 17.0 Å². The maximum Gasteiger partial charge on any atom is 0.274 e. The van der Waals surface area contributed by atoms with Gasteiger partial charge in [-0.05, 0) is 12.1 Å². The van der Waals surface area contributed by atoms with E-state index in [1.165, 1.54) is 0 Å². The second-order valence-electron chi connectivity index (χ2n) is 6.30. The van der Waals surface area contributed by atoms with Crippen LogP contribution in [0.25, 0.3) is 0 Å². The van der Waals surface area contributed by atoms with Crippen LogP contribution in [0.15, 0.2) is 16.5 Å². The summed E-state index contributed by atoms with van der Waals surface area (Å²) in [5.74, 6) is 1.97. The average molecular weight is 330 g/mol. The fourth-order valence-electron chi connectivity index (χ4n) is 3.33. The fourth-order valence-corrected chi connectivity index (χ4v) is 3.33. The lowest BCUT2D eigenvalue weighted by Crippen LogP contribution is -2.41. The Labute approximate surface area is 140 Å². The minimum atomic E-state index is 0.00363. The summed E-state index contributed by atoms with van der Waals surface area (Å²) in [6, 6.07) is 4.06. The lowest BCUT2D eigenvalue weighted by Gasteiger charge is -2.26. The van der Waals surface area contributed by atoms with Crippen LogP contribution in [0.1, 0.15) is 40.2 Å². The van der Waals surface area contributed by atoms with E-state index < -0.39 is 0 Å². The fraction of sp³-hybridized carbons (Fsp3) is 0.529. The number of aromatic amines is 1. The first-order chi connectivity index (χ1) is 11.7. The number of morpholine rings is 1. The number of ether oxygens (including phenoxy) is 1. The van der Waals surface area contributed by atoms with Gasteiger partial charge in [-0.25, -0.2) is 0 Å². The zero-order chi connectivity index (χ0) is 16.5. The second kappa shape index (κ2) is 6.41. The number of fused-ring (bicyclic) bond motifs is 1. The highest BCUT2D eigenvalue weighted by Crippen LogP contribution is 2.26. The number of H-pyrrole nitrogens is 1. The second-order valence-corrected chi connectivity index (χ2v) is 6.30. The molecule has 2 aliphatic heterocycles. The molecule has 0 bridgehead atoms. The number of rotatable bonds is 4. The topological polar surface area (TPSA) is 74.6 Å². The Hall–Kier alpha value is -2.12. The quantitative estimate of drug-likeness (QED) is 0.921. The number of carbonyl (C=O) groups is 1. The molecule has 1 saturated heterocycles. The van der Waals surface area contributed by atoms with E-state index in [0.717, 1.165) is 48.8 Å². The van der Waals surface area contributed by atoms with Crippen molar-refractivity contribution in [2.45, 2.75) is 33.0 Å². The number of amides is 1. The lowest BCUT2D eigenvalue weighted by atomic mass is 10.2. The molecule has 1 N–H and O–H groups in total. The van der Waals surface area contributed by atoms with Gasteiger partial charge in [0.15, 0.2) is 5.69 Å². The lowest BCUT2D eigenvalue weighted by molar-refractivity contribution is 0.0298. The van der Waals surface area contributed by atoms with Crippen molar-refractivity contribution >= 4 is 5.91 Å². The van der Waals surface area contributed by atoms with E-state index in [4.69, 9.17) is 9.15 Å². The molecule has 0 saturated carbocycles. The van der Waals surface area contributed by atoms with Crippen LogP contribution in [0.5, 0.6) is 0 Å². The van der Waals surface area contributed by atoms with E-state index in [2.05, 4.69) is 22.0 Å². The van der Waals surface area contributed by atoms with Gasteiger partial charge in [0, 0.05) is 38.2 Å². The Balaban J connectivity index is 1.45. The van der Waals surface area contributed by atoms with Crippen LogP contribution in [-0.2, 0) is 30.8 Å². The minimum absolute atomic E-state index is 0.00363. The standard InChI is InChI=1S/C17H22N4O3/c1-2-12-3-4-13(24-12)9-20-10-14-15(11-20)18-19-16(14)17(22)21-5-7-23-8-6-21/h3-4H,2,5-11H2,1H3,(H,18,19). The molecule has 7 nitrogen and oxygen atoms in total. The van der Waals surface area contributed by atoms with Crippen molar-refractivity contribution in [3.8, 4) is 0 Å². The molecule has 24 heavy (non-hydrogen) atoms. The first kappa shape index (κ1) is 15.4. The minimum Gasteiger partial charge on any atom is -0.465 e. The van der Waals surface area contributed by atoms with E-state index in [1.54, 1.807) is 0 Å². The molecule has 0 aromatic carbocycles. The number of hydrogen-bond donors (Lipinski definition) is 1. The number of hydrogen-bond acceptors (Lipinski definition) is 5. The summed E-state index contributed by atoms with van der Waals surface area (Å²) in [6.07, 6.45) is 0.904. The van der Waals surface area contributed by atoms with Gasteiger partial charge in [-0.3, -0.25) is 14.8 Å². The van der Waals surface area contributed by atoms with Gasteiger partial charge in [-0.2, -0.15) is 5.10 Å². The third-order valence-corrected chi connectivity index (χ3v) is 4.66. The third kappa shape index (κ3) is 2.85. The Morgan fingerprint density at radius 2 is 2.04 bits per heavy atom. The molecule has 0 spiro atoms. The summed E-state index contributed by atoms with van der Waals surface area (Å²) in [5, 5.41) is 7.30. The van der Waals surface area contributed by atoms with Crippen molar-refractivity contribution in [1.29, 1.82) is 0 Å². The van der Waals surface area contributed by atoms with Crippen molar-refractivity contribution < 1.29 is 13.9 Å². The molecule has 0 aliphatic carbocycles. The van der Waals surface area contributed by atoms with Crippen LogP contribution in [0.2, 0.25) is 0 Å². The van der Waals surface area contributed by atoms with E-state index in [9.17, 15) is 4.79 Å². The first-order valence-electron chi connectivity index (χ1n) is 8.47. The van der Waals surface area contributed by atoms with Crippen LogP contribution in [0.3, 0.4) is 0 Å². The zero-order valence-electron chi connectivity index (χ0n) is 13.9. The molecule has 2 aromatic rings. The highest BCUT2D eigenvalue weighted by molar-refractivity contribution is 5.94. The van der Waals surface area contributed by atoms with Crippen LogP contribution < -0.4 is 0 Å². The molecular formula is C17H22N4O3. The van der Waals surface area contributed by atoms with Gasteiger partial charge in [0.25, 0.3) is 5.91 Å². The summed E-state index contributed by atoms with van der Waals surface area (Å²) >= 11 is 0. The maximum atomic E-state index is 12.7. The van der Waals surface area contributed by atoms with Crippen molar-refractivity contribution in [2.24, 2.45) is 0 Å². The molecule has 4 heterocycles. The largest absolute Gasteiger partial charge is 0.465 e. The van der Waals surface area contributed by atoms with Crippen molar-refractivity contribution in [1.82, 2.24) is 20.0 Å². The van der Waals surface area contributed by atoms with Gasteiger partial charge in [-0.1, -0.05) is 6.92 Å². The van der Waals surface area contributed by atoms with Gasteiger partial charge in [0.05, 0.1) is 25.5 Å². The summed E-state index contributed by atoms with van der Waals surface area (Å²) < 4.78 is 11.1. The van der Waals surface area contributed by atoms with E-state index >= 15 is 0 Å². The predicted octanol–water partition coefficient (Wildman–Crippen LogP) is 1.55. The van der Waals surface area contributed by atoms with E-state index in [0.29, 0.717) is 32.0 Å². The molecule has 1 fully saturated rings. The van der Waals surface area contributed by atoms with Gasteiger partial charge in [-0.15, -0.1) is 0 Å². The van der Waals surface area contributed by atoms with E-state index in [-0.39, 0.29) is 5.91 Å². The molecule has 4 rings (SSSR count). The van der Waals surface area contributed by atoms with Crippen molar-refractivity contribution in [2.75, 3.05) is 26.3 Å². The van der Waals surface area contributed by atoms with Gasteiger partial charge < -0.3 is 14.1 Å². The number of aryl methyl sites for hydroxylation is 1. The molecule has 0 unspecified atom stereocenters. The van der Waals surface area contributed by atoms with Crippen LogP contribution in [-0.4, -0.2) is 52.2 Å². The van der Waals surface area contributed by atoms with Gasteiger partial charge in [0.1, 0.15) is 11.5 Å². The monoisotopic (exact) mass is 330 g/mol. The van der Waals surface area contributed by atoms with Gasteiger partial charge >= 0.3 is 0 Å². The highest BCUT2D eigenvalue weighted by atomic mass is 16.5. The molecule has 0 radical (unpaired) electrons. The smallest absolute Gasteiger partial charge is 0.274 e. The molecule has 2 aliphatic rings. The van der Waals surface area contributed by atoms with Crippen molar-refractivity contribution in [3.05, 3.63) is 40.6 Å². The number of carbonyl (C=O) groups excluding carboxylic acids is 1. The zero-order valence-corrected chi connectivity index (χ0v) is 13.9. The SMILES string of the molecule is CCc1ccc(CN2Cc3[nH]nc(C(=O)N4CCOCC4)c3C2)o1. The summed E-state index contributed by atoms with van der Waals surface area (Å²) in [7, 11) is 0. The molecule has 7 heteroatoms. The maximum absolute atomic E-state index is 12.7. The summed E-state index contributed by atoms with van der Waals surface area (Å²) in [5.41, 5.74) is 2.62. The predicted molar refractivity (Wildman–Crippen MR) is 86.3 cm³/mol. The van der Waals surface area contributed by atoms with Crippen LogP contribution in [0.4, 0.5) is 0 Å². The Morgan fingerprint density at radius 1 is 1.25 bits per heavy atom. The molecule has 2 aromatic heterocycles. The number of furan rings is 1. The number of nitrogens with zero attached hydrogens (tertiary/aromatic N) is 3. The third-order valence-electron chi connectivity index (χ3n) is 4.66. The average Bonchev–Trinajstić information content (AvgIpc) is 3.31. The Kier molecular flexibility index (Phi) is 4.12. The summed E-state index contributed by atoms with van der Waals surface area (Å²) in [6.45, 7) is 6.78. The van der Waals surface area contributed by atoms with Crippen LogP contribution in [0, 0.1) is 0 Å². The van der Waals surface area contributed by atoms with Gasteiger partial charge in [0.2, 0.25) is 0 Å². The Bertz CT molecular complexity index is 730. The molecule has 1 amide bonds. The number of aromatic nitrogens is 2. The van der Waals surface area contributed by atoms with Crippen LogP contribution >= 0.6 is 0 Å². The molecule has 0 atom stereocenters. The Morgan fingerprint density at radius 3 is 2.79 bits per heavy atom. The van der Waals surface area contributed by atoms with Crippen molar-refractivity contribution in [3.63, 3.8) is 0 Å². The molecule has 128 valence electrons. The molecular weight excluding hydrogens is 308 g/mol. The highest BCUT2D eigenvalue weighted by Gasteiger charge is 2.31. The normalized spacial score (nSPS) is 18.1.